The number of alkyl halides is 1. The van der Waals surface area contributed by atoms with Crippen LogP contribution in [0.1, 0.15) is 39.5 Å². The van der Waals surface area contributed by atoms with Crippen molar-refractivity contribution < 1.29 is 4.39 Å². The Morgan fingerprint density at radius 3 is 2.69 bits per heavy atom. The molecule has 0 saturated heterocycles. The Balaban J connectivity index is 2.48. The minimum absolute atomic E-state index is 0.174. The fraction of sp³-hybridized carbons (Fsp3) is 0.909. The van der Waals surface area contributed by atoms with Gasteiger partial charge in [0.15, 0.2) is 0 Å². The first kappa shape index (κ1) is 10.5. The smallest absolute Gasteiger partial charge is 0.217 e. The first-order valence-electron chi connectivity index (χ1n) is 5.06. The molecule has 0 aromatic carbocycles. The van der Waals surface area contributed by atoms with E-state index in [1.807, 2.05) is 0 Å². The molecule has 1 fully saturated rings. The SMILES string of the molecule is [C-]#[N+]CC1CCCC(C(C)(C)F)C1. The maximum absolute atomic E-state index is 13.6. The molecule has 1 aliphatic rings. The van der Waals surface area contributed by atoms with Crippen LogP contribution in [0.5, 0.6) is 0 Å². The topological polar surface area (TPSA) is 4.36 Å². The van der Waals surface area contributed by atoms with Gasteiger partial charge in [0.25, 0.3) is 0 Å². The van der Waals surface area contributed by atoms with Crippen molar-refractivity contribution in [3.63, 3.8) is 0 Å². The van der Waals surface area contributed by atoms with Crippen LogP contribution in [0.15, 0.2) is 0 Å². The van der Waals surface area contributed by atoms with Crippen LogP contribution >= 0.6 is 0 Å². The Bertz CT molecular complexity index is 199. The quantitative estimate of drug-likeness (QED) is 0.577. The van der Waals surface area contributed by atoms with Crippen molar-refractivity contribution in [3.8, 4) is 0 Å². The maximum Gasteiger partial charge on any atom is 0.217 e. The first-order chi connectivity index (χ1) is 6.04. The van der Waals surface area contributed by atoms with E-state index in [2.05, 4.69) is 4.85 Å². The summed E-state index contributed by atoms with van der Waals surface area (Å²) < 4.78 is 13.6. The van der Waals surface area contributed by atoms with Gasteiger partial charge in [-0.05, 0) is 39.0 Å². The van der Waals surface area contributed by atoms with Crippen molar-refractivity contribution in [2.24, 2.45) is 11.8 Å². The van der Waals surface area contributed by atoms with E-state index in [9.17, 15) is 4.39 Å². The summed E-state index contributed by atoms with van der Waals surface area (Å²) in [5.41, 5.74) is -1.05. The Kier molecular flexibility index (Phi) is 3.30. The van der Waals surface area contributed by atoms with Crippen molar-refractivity contribution in [2.45, 2.75) is 45.2 Å². The highest BCUT2D eigenvalue weighted by molar-refractivity contribution is 4.86. The highest BCUT2D eigenvalue weighted by Gasteiger charge is 2.34. The highest BCUT2D eigenvalue weighted by atomic mass is 19.1. The number of halogens is 1. The first-order valence-corrected chi connectivity index (χ1v) is 5.06. The van der Waals surface area contributed by atoms with E-state index in [0.717, 1.165) is 25.7 Å². The van der Waals surface area contributed by atoms with Crippen LogP contribution in [0.4, 0.5) is 4.39 Å². The van der Waals surface area contributed by atoms with Crippen LogP contribution in [0.25, 0.3) is 4.85 Å². The third-order valence-electron chi connectivity index (χ3n) is 3.10. The summed E-state index contributed by atoms with van der Waals surface area (Å²) in [5, 5.41) is 0. The third-order valence-corrected chi connectivity index (χ3v) is 3.10. The molecule has 2 unspecified atom stereocenters. The van der Waals surface area contributed by atoms with Gasteiger partial charge in [-0.25, -0.2) is 11.0 Å². The standard InChI is InChI=1S/C11H18FN/c1-11(2,12)10-6-4-5-9(7-10)8-13-3/h9-10H,4-8H2,1-2H3. The maximum atomic E-state index is 13.6. The van der Waals surface area contributed by atoms with Crippen LogP contribution < -0.4 is 0 Å². The largest absolute Gasteiger partial charge is 0.317 e. The van der Waals surface area contributed by atoms with Crippen molar-refractivity contribution in [1.29, 1.82) is 0 Å². The minimum atomic E-state index is -1.05. The zero-order valence-corrected chi connectivity index (χ0v) is 8.52. The summed E-state index contributed by atoms with van der Waals surface area (Å²) in [4.78, 5) is 3.40. The van der Waals surface area contributed by atoms with Gasteiger partial charge in [-0.3, -0.25) is 0 Å². The van der Waals surface area contributed by atoms with Gasteiger partial charge < -0.3 is 4.85 Å². The Hall–Kier alpha value is -0.580. The molecule has 0 aliphatic heterocycles. The second-order valence-electron chi connectivity index (χ2n) is 4.63. The predicted octanol–water partition coefficient (Wildman–Crippen LogP) is 3.46. The summed E-state index contributed by atoms with van der Waals surface area (Å²) in [6.07, 6.45) is 4.12. The molecule has 13 heavy (non-hydrogen) atoms. The van der Waals surface area contributed by atoms with E-state index in [1.54, 1.807) is 13.8 Å². The van der Waals surface area contributed by atoms with Gasteiger partial charge in [0.1, 0.15) is 5.67 Å². The van der Waals surface area contributed by atoms with Crippen LogP contribution in [-0.4, -0.2) is 12.2 Å². The van der Waals surface area contributed by atoms with E-state index < -0.39 is 5.67 Å². The summed E-state index contributed by atoms with van der Waals surface area (Å²) in [6.45, 7) is 10.7. The van der Waals surface area contributed by atoms with Crippen molar-refractivity contribution in [2.75, 3.05) is 6.54 Å². The fourth-order valence-corrected chi connectivity index (χ4v) is 2.21. The van der Waals surface area contributed by atoms with Crippen LogP contribution in [-0.2, 0) is 0 Å². The Morgan fingerprint density at radius 2 is 2.15 bits per heavy atom. The minimum Gasteiger partial charge on any atom is -0.317 e. The molecule has 0 amide bonds. The molecular weight excluding hydrogens is 165 g/mol. The summed E-state index contributed by atoms with van der Waals surface area (Å²) >= 11 is 0. The molecule has 0 heterocycles. The lowest BCUT2D eigenvalue weighted by atomic mass is 9.75. The molecule has 0 N–H and O–H groups in total. The van der Waals surface area contributed by atoms with Crippen molar-refractivity contribution >= 4 is 0 Å². The molecule has 0 aromatic heterocycles. The number of hydrogen-bond acceptors (Lipinski definition) is 0. The molecule has 2 atom stereocenters. The van der Waals surface area contributed by atoms with Gasteiger partial charge in [-0.15, -0.1) is 0 Å². The van der Waals surface area contributed by atoms with Gasteiger partial charge in [0, 0.05) is 5.92 Å². The van der Waals surface area contributed by atoms with Crippen LogP contribution in [0.3, 0.4) is 0 Å². The molecule has 1 aliphatic carbocycles. The Labute approximate surface area is 80.2 Å². The van der Waals surface area contributed by atoms with E-state index in [1.165, 1.54) is 0 Å². The molecule has 2 heteroatoms. The zero-order valence-electron chi connectivity index (χ0n) is 8.52. The molecule has 0 radical (unpaired) electrons. The van der Waals surface area contributed by atoms with Crippen LogP contribution in [0.2, 0.25) is 0 Å². The molecule has 1 rings (SSSR count). The summed E-state index contributed by atoms with van der Waals surface area (Å²) in [7, 11) is 0. The third kappa shape index (κ3) is 2.99. The zero-order chi connectivity index (χ0) is 9.90. The van der Waals surface area contributed by atoms with E-state index in [-0.39, 0.29) is 5.92 Å². The van der Waals surface area contributed by atoms with Gasteiger partial charge in [0.05, 0.1) is 0 Å². The predicted molar refractivity (Wildman–Crippen MR) is 52.1 cm³/mol. The molecule has 1 nitrogen and oxygen atoms in total. The summed E-state index contributed by atoms with van der Waals surface area (Å²) in [6, 6.07) is 0. The average Bonchev–Trinajstić information content (AvgIpc) is 2.04. The normalized spacial score (nSPS) is 29.7. The molecule has 74 valence electrons. The Morgan fingerprint density at radius 1 is 1.46 bits per heavy atom. The second-order valence-corrected chi connectivity index (χ2v) is 4.63. The van der Waals surface area contributed by atoms with Crippen molar-refractivity contribution in [3.05, 3.63) is 11.4 Å². The molecule has 1 saturated carbocycles. The van der Waals surface area contributed by atoms with E-state index in [0.29, 0.717) is 12.5 Å². The molecular formula is C11H18FN. The number of rotatable bonds is 2. The molecule has 0 spiro atoms. The van der Waals surface area contributed by atoms with Gasteiger partial charge in [-0.1, -0.05) is 6.42 Å². The lowest BCUT2D eigenvalue weighted by molar-refractivity contribution is 0.0773. The van der Waals surface area contributed by atoms with Crippen LogP contribution in [0, 0.1) is 18.4 Å². The van der Waals surface area contributed by atoms with Gasteiger partial charge in [-0.2, -0.15) is 0 Å². The van der Waals surface area contributed by atoms with E-state index in [4.69, 9.17) is 6.57 Å². The summed E-state index contributed by atoms with van der Waals surface area (Å²) in [5.74, 6) is 0.624. The monoisotopic (exact) mass is 183 g/mol. The second kappa shape index (κ2) is 4.09. The highest BCUT2D eigenvalue weighted by Crippen LogP contribution is 2.37. The lowest BCUT2D eigenvalue weighted by Crippen LogP contribution is -2.31. The molecule has 0 bridgehead atoms. The molecule has 0 aromatic rings. The van der Waals surface area contributed by atoms with Crippen molar-refractivity contribution in [1.82, 2.24) is 0 Å². The number of hydrogen-bond donors (Lipinski definition) is 0. The fourth-order valence-electron chi connectivity index (χ4n) is 2.21. The number of nitrogens with zero attached hydrogens (tertiary/aromatic N) is 1. The van der Waals surface area contributed by atoms with Gasteiger partial charge >= 0.3 is 0 Å². The lowest BCUT2D eigenvalue weighted by Gasteiger charge is -2.33. The van der Waals surface area contributed by atoms with E-state index >= 15 is 0 Å². The average molecular weight is 183 g/mol. The van der Waals surface area contributed by atoms with Gasteiger partial charge in [0.2, 0.25) is 6.54 Å².